The lowest BCUT2D eigenvalue weighted by atomic mass is 9.70. The molecule has 0 radical (unpaired) electrons. The first kappa shape index (κ1) is 24.4. The molecule has 2 aromatic rings. The molecule has 31 heavy (non-hydrogen) atoms. The van der Waals surface area contributed by atoms with Crippen LogP contribution in [0.4, 0.5) is 13.2 Å². The number of nitrogens with zero attached hydrogens (tertiary/aromatic N) is 1. The Morgan fingerprint density at radius 2 is 1.61 bits per heavy atom. The van der Waals surface area contributed by atoms with Crippen molar-refractivity contribution in [1.82, 2.24) is 10.2 Å². The maximum atomic E-state index is 12.3. The summed E-state index contributed by atoms with van der Waals surface area (Å²) >= 11 is 0. The third kappa shape index (κ3) is 7.71. The number of hydrogen-bond acceptors (Lipinski definition) is 3. The third-order valence-electron chi connectivity index (χ3n) is 5.13. The molecule has 2 aromatic carbocycles. The zero-order chi connectivity index (χ0) is 23.0. The fraction of sp³-hybridized carbons (Fsp3) is 0.391. The van der Waals surface area contributed by atoms with Crippen LogP contribution in [0.5, 0.6) is 0 Å². The van der Waals surface area contributed by atoms with E-state index in [0.717, 1.165) is 18.7 Å². The van der Waals surface area contributed by atoms with E-state index in [4.69, 9.17) is 9.90 Å². The highest BCUT2D eigenvalue weighted by Gasteiger charge is 2.38. The smallest absolute Gasteiger partial charge is 0.475 e. The van der Waals surface area contributed by atoms with E-state index in [1.807, 2.05) is 38.4 Å². The van der Waals surface area contributed by atoms with Crippen LogP contribution in [0.1, 0.15) is 40.2 Å². The molecule has 0 bridgehead atoms. The number of benzene rings is 2. The Balaban J connectivity index is 0.000000423. The molecule has 0 heterocycles. The van der Waals surface area contributed by atoms with E-state index in [9.17, 15) is 18.0 Å². The molecule has 3 rings (SSSR count). The van der Waals surface area contributed by atoms with E-state index in [0.29, 0.717) is 11.8 Å². The highest BCUT2D eigenvalue weighted by Crippen LogP contribution is 2.41. The van der Waals surface area contributed by atoms with E-state index in [2.05, 4.69) is 40.5 Å². The maximum Gasteiger partial charge on any atom is 0.490 e. The average Bonchev–Trinajstić information content (AvgIpc) is 2.68. The van der Waals surface area contributed by atoms with Crippen molar-refractivity contribution in [1.29, 1.82) is 0 Å². The molecule has 1 aliphatic carbocycles. The van der Waals surface area contributed by atoms with Gasteiger partial charge in [0, 0.05) is 18.7 Å². The highest BCUT2D eigenvalue weighted by molar-refractivity contribution is 5.94. The quantitative estimate of drug-likeness (QED) is 0.708. The summed E-state index contributed by atoms with van der Waals surface area (Å²) in [5.74, 6) is -1.57. The molecular weight excluding hydrogens is 409 g/mol. The zero-order valence-electron chi connectivity index (χ0n) is 17.5. The monoisotopic (exact) mass is 436 g/mol. The number of carbonyl (C=O) groups is 2. The summed E-state index contributed by atoms with van der Waals surface area (Å²) in [6, 6.07) is 18.5. The Kier molecular flexibility index (Phi) is 8.62. The van der Waals surface area contributed by atoms with Crippen molar-refractivity contribution >= 4 is 11.9 Å². The van der Waals surface area contributed by atoms with Crippen LogP contribution in [0, 0.1) is 5.92 Å². The number of carbonyl (C=O) groups excluding carboxylic acids is 1. The van der Waals surface area contributed by atoms with Gasteiger partial charge in [0.25, 0.3) is 5.91 Å². The first-order valence-electron chi connectivity index (χ1n) is 9.95. The fourth-order valence-corrected chi connectivity index (χ4v) is 3.40. The Hall–Kier alpha value is -2.87. The molecule has 1 amide bonds. The molecule has 1 saturated carbocycles. The lowest BCUT2D eigenvalue weighted by Crippen LogP contribution is -2.36. The molecule has 5 nitrogen and oxygen atoms in total. The number of hydrogen-bond donors (Lipinski definition) is 2. The van der Waals surface area contributed by atoms with E-state index in [1.54, 1.807) is 0 Å². The SMILES string of the molecule is CN(C)Cc1ccc(C(=O)NCC2CCC2c2ccccc2)cc1.O=C(O)C(F)(F)F. The van der Waals surface area contributed by atoms with Crippen molar-refractivity contribution in [2.45, 2.75) is 31.5 Å². The van der Waals surface area contributed by atoms with Crippen LogP contribution in [-0.4, -0.2) is 48.7 Å². The molecule has 0 saturated heterocycles. The van der Waals surface area contributed by atoms with Crippen LogP contribution in [0.3, 0.4) is 0 Å². The average molecular weight is 436 g/mol. The molecular formula is C23H27F3N2O3. The highest BCUT2D eigenvalue weighted by atomic mass is 19.4. The van der Waals surface area contributed by atoms with Crippen LogP contribution in [-0.2, 0) is 11.3 Å². The molecule has 168 valence electrons. The fourth-order valence-electron chi connectivity index (χ4n) is 3.40. The van der Waals surface area contributed by atoms with Gasteiger partial charge in [-0.25, -0.2) is 4.79 Å². The van der Waals surface area contributed by atoms with Gasteiger partial charge in [-0.05, 0) is 62.0 Å². The minimum Gasteiger partial charge on any atom is -0.475 e. The van der Waals surface area contributed by atoms with E-state index in [1.165, 1.54) is 24.0 Å². The standard InChI is InChI=1S/C21H26N2O.C2HF3O2/c1-23(2)15-16-8-10-18(11-9-16)21(24)22-14-19-12-13-20(19)17-6-4-3-5-7-17;3-2(4,5)1(6)7/h3-11,19-20H,12-15H2,1-2H3,(H,22,24);(H,6,7). The molecule has 2 atom stereocenters. The second-order valence-corrected chi connectivity index (χ2v) is 7.80. The van der Waals surface area contributed by atoms with E-state index in [-0.39, 0.29) is 5.91 Å². The van der Waals surface area contributed by atoms with Gasteiger partial charge < -0.3 is 15.3 Å². The number of alkyl halides is 3. The normalized spacial score (nSPS) is 17.9. The number of carboxylic acid groups (broad SMARTS) is 1. The van der Waals surface area contributed by atoms with Gasteiger partial charge in [0.2, 0.25) is 0 Å². The Morgan fingerprint density at radius 1 is 1.03 bits per heavy atom. The summed E-state index contributed by atoms with van der Waals surface area (Å²) in [5.41, 5.74) is 3.36. The largest absolute Gasteiger partial charge is 0.490 e. The molecule has 0 aliphatic heterocycles. The topological polar surface area (TPSA) is 69.6 Å². The molecule has 2 unspecified atom stereocenters. The van der Waals surface area contributed by atoms with Crippen molar-refractivity contribution < 1.29 is 27.9 Å². The van der Waals surface area contributed by atoms with E-state index < -0.39 is 12.1 Å². The van der Waals surface area contributed by atoms with Crippen LogP contribution >= 0.6 is 0 Å². The van der Waals surface area contributed by atoms with Gasteiger partial charge in [-0.15, -0.1) is 0 Å². The second kappa shape index (κ2) is 10.9. The van der Waals surface area contributed by atoms with Crippen LogP contribution in [0.2, 0.25) is 0 Å². The first-order valence-corrected chi connectivity index (χ1v) is 9.95. The summed E-state index contributed by atoms with van der Waals surface area (Å²) < 4.78 is 31.7. The molecule has 0 aromatic heterocycles. The van der Waals surface area contributed by atoms with Crippen molar-refractivity contribution in [2.24, 2.45) is 5.92 Å². The second-order valence-electron chi connectivity index (χ2n) is 7.80. The van der Waals surface area contributed by atoms with Crippen molar-refractivity contribution in [3.63, 3.8) is 0 Å². The third-order valence-corrected chi connectivity index (χ3v) is 5.13. The van der Waals surface area contributed by atoms with Crippen LogP contribution in [0.15, 0.2) is 54.6 Å². The summed E-state index contributed by atoms with van der Waals surface area (Å²) in [6.45, 7) is 1.65. The Labute approximate surface area is 179 Å². The number of carboxylic acids is 1. The van der Waals surface area contributed by atoms with Gasteiger partial charge in [0.05, 0.1) is 0 Å². The van der Waals surface area contributed by atoms with Gasteiger partial charge in [0.1, 0.15) is 0 Å². The minimum absolute atomic E-state index is 0.0325. The van der Waals surface area contributed by atoms with Gasteiger partial charge in [0.15, 0.2) is 0 Å². The predicted octanol–water partition coefficient (Wildman–Crippen LogP) is 4.31. The van der Waals surface area contributed by atoms with Crippen molar-refractivity contribution in [2.75, 3.05) is 20.6 Å². The van der Waals surface area contributed by atoms with Gasteiger partial charge in [-0.1, -0.05) is 42.5 Å². The molecule has 2 N–H and O–H groups in total. The molecule has 1 fully saturated rings. The zero-order valence-corrected chi connectivity index (χ0v) is 17.5. The number of amides is 1. The van der Waals surface area contributed by atoms with Crippen molar-refractivity contribution in [3.8, 4) is 0 Å². The van der Waals surface area contributed by atoms with Gasteiger partial charge >= 0.3 is 12.1 Å². The van der Waals surface area contributed by atoms with Gasteiger partial charge in [-0.2, -0.15) is 13.2 Å². The molecule has 1 aliphatic rings. The summed E-state index contributed by atoms with van der Waals surface area (Å²) in [5, 5.41) is 10.2. The first-order chi connectivity index (χ1) is 14.6. The van der Waals surface area contributed by atoms with Crippen LogP contribution < -0.4 is 5.32 Å². The van der Waals surface area contributed by atoms with Crippen LogP contribution in [0.25, 0.3) is 0 Å². The number of nitrogens with one attached hydrogen (secondary N) is 1. The molecule has 0 spiro atoms. The lowest BCUT2D eigenvalue weighted by molar-refractivity contribution is -0.192. The number of halogens is 3. The number of rotatable bonds is 6. The Morgan fingerprint density at radius 3 is 2.06 bits per heavy atom. The summed E-state index contributed by atoms with van der Waals surface area (Å²) in [7, 11) is 4.09. The number of aliphatic carboxylic acids is 1. The predicted molar refractivity (Wildman–Crippen MR) is 112 cm³/mol. The summed E-state index contributed by atoms with van der Waals surface area (Å²) in [6.07, 6.45) is -2.66. The Bertz CT molecular complexity index is 853. The minimum atomic E-state index is -5.08. The van der Waals surface area contributed by atoms with Gasteiger partial charge in [-0.3, -0.25) is 4.79 Å². The maximum absolute atomic E-state index is 12.3. The lowest BCUT2D eigenvalue weighted by Gasteiger charge is -2.37. The van der Waals surface area contributed by atoms with E-state index >= 15 is 0 Å². The summed E-state index contributed by atoms with van der Waals surface area (Å²) in [4.78, 5) is 23.4. The molecule has 8 heteroatoms. The van der Waals surface area contributed by atoms with Crippen molar-refractivity contribution in [3.05, 3.63) is 71.3 Å².